The summed E-state index contributed by atoms with van der Waals surface area (Å²) in [6, 6.07) is 0. The highest BCUT2D eigenvalue weighted by Crippen LogP contribution is 2.31. The molecule has 0 unspecified atom stereocenters. The Balaban J connectivity index is 1.89. The first kappa shape index (κ1) is 13.8. The van der Waals surface area contributed by atoms with Crippen LogP contribution < -0.4 is 0 Å². The summed E-state index contributed by atoms with van der Waals surface area (Å²) in [4.78, 5) is 24.5. The Labute approximate surface area is 111 Å². The number of rotatable bonds is 3. The van der Waals surface area contributed by atoms with Gasteiger partial charge in [0, 0.05) is 11.8 Å². The van der Waals surface area contributed by atoms with Crippen molar-refractivity contribution >= 4 is 11.6 Å². The second-order valence-corrected chi connectivity index (χ2v) is 6.37. The lowest BCUT2D eigenvalue weighted by molar-refractivity contribution is -0.142. The Morgan fingerprint density at radius 3 is 1.61 bits per heavy atom. The van der Waals surface area contributed by atoms with Crippen LogP contribution in [-0.2, 0) is 9.59 Å². The largest absolute Gasteiger partial charge is 0.291 e. The van der Waals surface area contributed by atoms with Gasteiger partial charge >= 0.3 is 0 Å². The Morgan fingerprint density at radius 1 is 0.667 bits per heavy atom. The summed E-state index contributed by atoms with van der Waals surface area (Å²) in [5, 5.41) is 0. The highest BCUT2D eigenvalue weighted by atomic mass is 16.2. The predicted octanol–water partition coefficient (Wildman–Crippen LogP) is 3.92. The topological polar surface area (TPSA) is 34.1 Å². The Hall–Kier alpha value is -0.660. The predicted molar refractivity (Wildman–Crippen MR) is 72.3 cm³/mol. The quantitative estimate of drug-likeness (QED) is 0.562. The van der Waals surface area contributed by atoms with Crippen LogP contribution in [0, 0.1) is 17.8 Å². The van der Waals surface area contributed by atoms with Crippen LogP contribution in [-0.4, -0.2) is 11.6 Å². The molecule has 0 bridgehead atoms. The van der Waals surface area contributed by atoms with E-state index in [0.29, 0.717) is 0 Å². The molecule has 0 aromatic rings. The minimum atomic E-state index is -0.0335. The average Bonchev–Trinajstić information content (AvgIpc) is 2.67. The molecule has 102 valence electrons. The molecule has 0 aromatic carbocycles. The van der Waals surface area contributed by atoms with Crippen LogP contribution >= 0.6 is 0 Å². The Kier molecular flexibility index (Phi) is 4.96. The van der Waals surface area contributed by atoms with Crippen LogP contribution in [0.4, 0.5) is 0 Å². The number of carbonyl (C=O) groups is 2. The van der Waals surface area contributed by atoms with Crippen LogP contribution in [0.25, 0.3) is 0 Å². The maximum absolute atomic E-state index is 12.3. The van der Waals surface area contributed by atoms with E-state index in [1.807, 2.05) is 0 Å². The minimum absolute atomic E-state index is 0.0311. The van der Waals surface area contributed by atoms with Crippen molar-refractivity contribution < 1.29 is 9.59 Å². The second-order valence-electron chi connectivity index (χ2n) is 6.37. The van der Waals surface area contributed by atoms with Crippen molar-refractivity contribution in [2.45, 2.75) is 71.1 Å². The molecule has 2 aliphatic rings. The summed E-state index contributed by atoms with van der Waals surface area (Å²) in [5.74, 6) is 0.781. The van der Waals surface area contributed by atoms with Gasteiger partial charge in [-0.2, -0.15) is 0 Å². The van der Waals surface area contributed by atoms with Gasteiger partial charge in [0.2, 0.25) is 11.6 Å². The van der Waals surface area contributed by atoms with Crippen LogP contribution in [0.3, 0.4) is 0 Å². The van der Waals surface area contributed by atoms with Crippen molar-refractivity contribution in [2.75, 3.05) is 0 Å². The van der Waals surface area contributed by atoms with Crippen molar-refractivity contribution in [3.8, 4) is 0 Å². The number of ketones is 2. The van der Waals surface area contributed by atoms with Crippen LogP contribution in [0.15, 0.2) is 0 Å². The van der Waals surface area contributed by atoms with Gasteiger partial charge in [-0.25, -0.2) is 0 Å². The van der Waals surface area contributed by atoms with Crippen LogP contribution in [0.2, 0.25) is 0 Å². The number of hydrogen-bond donors (Lipinski definition) is 0. The molecule has 0 N–H and O–H groups in total. The zero-order chi connectivity index (χ0) is 13.0. The molecule has 2 fully saturated rings. The summed E-state index contributed by atoms with van der Waals surface area (Å²) < 4.78 is 0. The van der Waals surface area contributed by atoms with Crippen molar-refractivity contribution in [2.24, 2.45) is 17.8 Å². The van der Waals surface area contributed by atoms with E-state index >= 15 is 0 Å². The lowest BCUT2D eigenvalue weighted by Crippen LogP contribution is -2.31. The van der Waals surface area contributed by atoms with E-state index in [0.717, 1.165) is 57.3 Å². The second kappa shape index (κ2) is 6.49. The third kappa shape index (κ3) is 3.43. The first-order chi connectivity index (χ1) is 8.68. The summed E-state index contributed by atoms with van der Waals surface area (Å²) in [6.45, 7) is 2.24. The highest BCUT2D eigenvalue weighted by molar-refractivity contribution is 6.38. The zero-order valence-electron chi connectivity index (χ0n) is 11.6. The normalized spacial score (nSPS) is 30.7. The van der Waals surface area contributed by atoms with Gasteiger partial charge in [0.15, 0.2) is 0 Å². The molecule has 0 aromatic heterocycles. The Bertz CT molecular complexity index is 292. The molecule has 0 aliphatic heterocycles. The van der Waals surface area contributed by atoms with Gasteiger partial charge in [0.1, 0.15) is 0 Å². The molecule has 0 heterocycles. The lowest BCUT2D eigenvalue weighted by Gasteiger charge is -2.25. The fourth-order valence-corrected chi connectivity index (χ4v) is 3.47. The molecule has 0 atom stereocenters. The maximum Gasteiger partial charge on any atom is 0.201 e. The first-order valence-corrected chi connectivity index (χ1v) is 7.76. The monoisotopic (exact) mass is 250 g/mol. The average molecular weight is 250 g/mol. The number of Topliss-reactive ketones (excluding diaryl/α,β-unsaturated/α-hetero) is 2. The molecule has 0 spiro atoms. The molecule has 0 radical (unpaired) electrons. The number of carbonyl (C=O) groups excluding carboxylic acids is 2. The van der Waals surface area contributed by atoms with E-state index in [1.165, 1.54) is 12.8 Å². The first-order valence-electron chi connectivity index (χ1n) is 7.76. The molecule has 2 aliphatic carbocycles. The van der Waals surface area contributed by atoms with Crippen molar-refractivity contribution in [3.63, 3.8) is 0 Å². The number of hydrogen-bond acceptors (Lipinski definition) is 2. The molecule has 2 saturated carbocycles. The highest BCUT2D eigenvalue weighted by Gasteiger charge is 2.32. The van der Waals surface area contributed by atoms with Crippen molar-refractivity contribution in [1.82, 2.24) is 0 Å². The zero-order valence-corrected chi connectivity index (χ0v) is 11.6. The van der Waals surface area contributed by atoms with Gasteiger partial charge in [0.25, 0.3) is 0 Å². The van der Waals surface area contributed by atoms with E-state index in [1.54, 1.807) is 0 Å². The molecule has 18 heavy (non-hydrogen) atoms. The van der Waals surface area contributed by atoms with Crippen molar-refractivity contribution in [1.29, 1.82) is 0 Å². The molecular weight excluding hydrogens is 224 g/mol. The van der Waals surface area contributed by atoms with E-state index < -0.39 is 0 Å². The lowest BCUT2D eigenvalue weighted by atomic mass is 9.78. The summed E-state index contributed by atoms with van der Waals surface area (Å²) in [6.07, 6.45) is 10.8. The van der Waals surface area contributed by atoms with Gasteiger partial charge in [-0.15, -0.1) is 0 Å². The van der Waals surface area contributed by atoms with E-state index in [2.05, 4.69) is 6.92 Å². The molecular formula is C16H26O2. The third-order valence-electron chi connectivity index (χ3n) is 4.86. The fourth-order valence-electron chi connectivity index (χ4n) is 3.47. The van der Waals surface area contributed by atoms with Crippen molar-refractivity contribution in [3.05, 3.63) is 0 Å². The van der Waals surface area contributed by atoms with E-state index in [-0.39, 0.29) is 23.4 Å². The Morgan fingerprint density at radius 2 is 1.11 bits per heavy atom. The summed E-state index contributed by atoms with van der Waals surface area (Å²) in [7, 11) is 0. The van der Waals surface area contributed by atoms with Gasteiger partial charge in [-0.3, -0.25) is 9.59 Å². The SMILES string of the molecule is CC1CCC(C(=O)C(=O)C2CCCCCC2)CC1. The summed E-state index contributed by atoms with van der Waals surface area (Å²) in [5.41, 5.74) is 0. The standard InChI is InChI=1S/C16H26O2/c1-12-8-10-14(11-9-12)16(18)15(17)13-6-4-2-3-5-7-13/h12-14H,2-11H2,1H3. The molecule has 2 heteroatoms. The van der Waals surface area contributed by atoms with Crippen LogP contribution in [0.5, 0.6) is 0 Å². The summed E-state index contributed by atoms with van der Waals surface area (Å²) >= 11 is 0. The van der Waals surface area contributed by atoms with Gasteiger partial charge < -0.3 is 0 Å². The van der Waals surface area contributed by atoms with Gasteiger partial charge in [0.05, 0.1) is 0 Å². The minimum Gasteiger partial charge on any atom is -0.291 e. The molecule has 0 saturated heterocycles. The fraction of sp³-hybridized carbons (Fsp3) is 0.875. The van der Waals surface area contributed by atoms with Gasteiger partial charge in [-0.05, 0) is 31.6 Å². The van der Waals surface area contributed by atoms with E-state index in [9.17, 15) is 9.59 Å². The smallest absolute Gasteiger partial charge is 0.201 e. The molecule has 2 nitrogen and oxygen atoms in total. The molecule has 0 amide bonds. The van der Waals surface area contributed by atoms with Crippen LogP contribution in [0.1, 0.15) is 71.1 Å². The maximum atomic E-state index is 12.3. The third-order valence-corrected chi connectivity index (χ3v) is 4.86. The van der Waals surface area contributed by atoms with E-state index in [4.69, 9.17) is 0 Å². The van der Waals surface area contributed by atoms with Gasteiger partial charge in [-0.1, -0.05) is 45.4 Å². The molecule has 2 rings (SSSR count).